The Kier molecular flexibility index (Phi) is 5.26. The summed E-state index contributed by atoms with van der Waals surface area (Å²) < 4.78 is 7.78. The molecule has 0 unspecified atom stereocenters. The maximum atomic E-state index is 10.8. The van der Waals surface area contributed by atoms with Crippen molar-refractivity contribution in [3.63, 3.8) is 0 Å². The molecule has 5 nitrogen and oxygen atoms in total. The van der Waals surface area contributed by atoms with E-state index in [2.05, 4.69) is 29.0 Å². The Morgan fingerprint density at radius 1 is 0.839 bits per heavy atom. The van der Waals surface area contributed by atoms with Crippen molar-refractivity contribution in [2.45, 2.75) is 6.54 Å². The summed E-state index contributed by atoms with van der Waals surface area (Å²) in [5.74, 6) is 1.93. The number of rotatable bonds is 5. The van der Waals surface area contributed by atoms with Crippen LogP contribution in [0.25, 0.3) is 10.8 Å². The highest BCUT2D eigenvalue weighted by Gasteiger charge is 2.16. The lowest BCUT2D eigenvalue weighted by atomic mass is 10.1. The van der Waals surface area contributed by atoms with Gasteiger partial charge >= 0.3 is 0 Å². The van der Waals surface area contributed by atoms with Crippen molar-refractivity contribution in [1.82, 2.24) is 9.47 Å². The van der Waals surface area contributed by atoms with Gasteiger partial charge in [-0.05, 0) is 55.1 Å². The van der Waals surface area contributed by atoms with Crippen LogP contribution in [0.1, 0.15) is 5.56 Å². The number of benzene rings is 3. The van der Waals surface area contributed by atoms with Crippen LogP contribution in [-0.4, -0.2) is 47.8 Å². The van der Waals surface area contributed by atoms with Crippen molar-refractivity contribution in [1.29, 1.82) is 0 Å². The number of nitrogens with zero attached hydrogens (tertiary/aromatic N) is 3. The Morgan fingerprint density at radius 3 is 2.29 bits per heavy atom. The quantitative estimate of drug-likeness (QED) is 0.503. The number of anilines is 1. The number of aromatic hydroxyl groups is 1. The molecule has 0 saturated carbocycles. The zero-order valence-corrected chi connectivity index (χ0v) is 17.7. The largest absolute Gasteiger partial charge is 0.494 e. The first-order valence-electron chi connectivity index (χ1n) is 10.7. The molecule has 0 amide bonds. The number of para-hydroxylation sites is 1. The van der Waals surface area contributed by atoms with Gasteiger partial charge in [0.05, 0.1) is 6.54 Å². The number of hydrogen-bond acceptors (Lipinski definition) is 4. The van der Waals surface area contributed by atoms with Gasteiger partial charge in [-0.1, -0.05) is 30.3 Å². The van der Waals surface area contributed by atoms with Crippen LogP contribution < -0.4 is 9.64 Å². The Morgan fingerprint density at radius 2 is 1.55 bits per heavy atom. The predicted octanol–water partition coefficient (Wildman–Crippen LogP) is 4.94. The molecule has 3 aromatic carbocycles. The van der Waals surface area contributed by atoms with E-state index in [1.54, 1.807) is 0 Å². The second-order valence-electron chi connectivity index (χ2n) is 8.20. The summed E-state index contributed by atoms with van der Waals surface area (Å²) >= 11 is 0. The van der Waals surface area contributed by atoms with Gasteiger partial charge in [0.2, 0.25) is 0 Å². The smallest absolute Gasteiger partial charge is 0.199 e. The number of hydrogen-bond donors (Lipinski definition) is 1. The van der Waals surface area contributed by atoms with E-state index in [1.807, 2.05) is 71.4 Å². The van der Waals surface area contributed by atoms with Gasteiger partial charge in [-0.2, -0.15) is 0 Å². The van der Waals surface area contributed by atoms with Gasteiger partial charge in [0.25, 0.3) is 0 Å². The number of aromatic nitrogens is 1. The molecule has 5 heteroatoms. The van der Waals surface area contributed by atoms with Crippen molar-refractivity contribution >= 4 is 16.5 Å². The highest BCUT2D eigenvalue weighted by atomic mass is 16.5. The normalized spacial score (nSPS) is 14.8. The third kappa shape index (κ3) is 4.23. The molecule has 158 valence electrons. The Labute approximate surface area is 182 Å². The monoisotopic (exact) mass is 413 g/mol. The molecule has 1 N–H and O–H groups in total. The molecule has 31 heavy (non-hydrogen) atoms. The lowest BCUT2D eigenvalue weighted by Gasteiger charge is -2.34. The van der Waals surface area contributed by atoms with Crippen LogP contribution in [-0.2, 0) is 6.54 Å². The molecule has 0 radical (unpaired) electrons. The van der Waals surface area contributed by atoms with Crippen molar-refractivity contribution in [2.24, 2.45) is 0 Å². The zero-order valence-electron chi connectivity index (χ0n) is 17.7. The molecule has 0 aliphatic carbocycles. The van der Waals surface area contributed by atoms with E-state index >= 15 is 0 Å². The molecule has 1 fully saturated rings. The average Bonchev–Trinajstić information content (AvgIpc) is 3.11. The Hall–Kier alpha value is -3.44. The molecule has 2 heterocycles. The second kappa shape index (κ2) is 8.36. The second-order valence-corrected chi connectivity index (χ2v) is 8.20. The van der Waals surface area contributed by atoms with Gasteiger partial charge in [0.15, 0.2) is 5.88 Å². The lowest BCUT2D eigenvalue weighted by Crippen LogP contribution is -2.44. The molecule has 1 aliphatic rings. The molecule has 0 spiro atoms. The zero-order chi connectivity index (χ0) is 21.2. The minimum Gasteiger partial charge on any atom is -0.494 e. The van der Waals surface area contributed by atoms with Crippen LogP contribution in [0.4, 0.5) is 5.69 Å². The maximum Gasteiger partial charge on any atom is 0.199 e. The standard InChI is InChI=1S/C26H27N3O2/c1-27-13-15-28(16-14-27)22-9-12-25-21(17-22)19-29(26(25)30)18-20-7-10-24(11-8-20)31-23-5-3-2-4-6-23/h2-12,17,19,30H,13-16,18H2,1H3. The van der Waals surface area contributed by atoms with E-state index in [4.69, 9.17) is 4.74 Å². The maximum absolute atomic E-state index is 10.8. The van der Waals surface area contributed by atoms with E-state index in [1.165, 1.54) is 5.69 Å². The number of fused-ring (bicyclic) bond motifs is 1. The van der Waals surface area contributed by atoms with Gasteiger partial charge in [0.1, 0.15) is 11.5 Å². The summed E-state index contributed by atoms with van der Waals surface area (Å²) in [6, 6.07) is 24.1. The van der Waals surface area contributed by atoms with Gasteiger partial charge in [-0.25, -0.2) is 0 Å². The van der Waals surface area contributed by atoms with Gasteiger partial charge < -0.3 is 24.2 Å². The van der Waals surface area contributed by atoms with Crippen LogP contribution in [0.15, 0.2) is 79.0 Å². The van der Waals surface area contributed by atoms with Crippen LogP contribution in [0.3, 0.4) is 0 Å². The summed E-state index contributed by atoms with van der Waals surface area (Å²) in [5.41, 5.74) is 2.33. The van der Waals surface area contributed by atoms with E-state index < -0.39 is 0 Å². The van der Waals surface area contributed by atoms with E-state index in [0.29, 0.717) is 12.4 Å². The molecule has 1 aromatic heterocycles. The van der Waals surface area contributed by atoms with E-state index in [-0.39, 0.29) is 0 Å². The first-order chi connectivity index (χ1) is 15.2. The van der Waals surface area contributed by atoms with Crippen LogP contribution in [0.5, 0.6) is 17.4 Å². The molecular formula is C26H27N3O2. The summed E-state index contributed by atoms with van der Waals surface area (Å²) in [4.78, 5) is 4.77. The van der Waals surface area contributed by atoms with Crippen LogP contribution in [0.2, 0.25) is 0 Å². The summed E-state index contributed by atoms with van der Waals surface area (Å²) in [6.45, 7) is 4.83. The summed E-state index contributed by atoms with van der Waals surface area (Å²) in [5, 5.41) is 12.7. The minimum atomic E-state index is 0.310. The summed E-state index contributed by atoms with van der Waals surface area (Å²) in [7, 11) is 2.17. The minimum absolute atomic E-state index is 0.310. The number of likely N-dealkylation sites (N-methyl/N-ethyl adjacent to an activating group) is 1. The van der Waals surface area contributed by atoms with Gasteiger partial charge in [-0.3, -0.25) is 0 Å². The lowest BCUT2D eigenvalue weighted by molar-refractivity contribution is 0.313. The topological polar surface area (TPSA) is 40.9 Å². The Bertz CT molecular complexity index is 1160. The fourth-order valence-electron chi connectivity index (χ4n) is 4.11. The third-order valence-electron chi connectivity index (χ3n) is 5.97. The highest BCUT2D eigenvalue weighted by Crippen LogP contribution is 2.32. The molecule has 0 bridgehead atoms. The molecular weight excluding hydrogens is 386 g/mol. The molecule has 4 aromatic rings. The van der Waals surface area contributed by atoms with Crippen molar-refractivity contribution in [2.75, 3.05) is 38.1 Å². The summed E-state index contributed by atoms with van der Waals surface area (Å²) in [6.07, 6.45) is 2.04. The first kappa shape index (κ1) is 19.5. The van der Waals surface area contributed by atoms with E-state index in [9.17, 15) is 5.11 Å². The molecule has 1 saturated heterocycles. The highest BCUT2D eigenvalue weighted by molar-refractivity contribution is 5.90. The fraction of sp³-hybridized carbons (Fsp3) is 0.231. The van der Waals surface area contributed by atoms with Crippen LogP contribution in [0, 0.1) is 0 Å². The van der Waals surface area contributed by atoms with Crippen molar-refractivity contribution < 1.29 is 9.84 Å². The number of ether oxygens (including phenoxy) is 1. The van der Waals surface area contributed by atoms with Crippen LogP contribution >= 0.6 is 0 Å². The van der Waals surface area contributed by atoms with Gasteiger partial charge in [0, 0.05) is 48.8 Å². The van der Waals surface area contributed by atoms with E-state index in [0.717, 1.165) is 54.0 Å². The van der Waals surface area contributed by atoms with Crippen molar-refractivity contribution in [3.05, 3.63) is 84.6 Å². The molecule has 5 rings (SSSR count). The average molecular weight is 414 g/mol. The van der Waals surface area contributed by atoms with Gasteiger partial charge in [-0.15, -0.1) is 0 Å². The van der Waals surface area contributed by atoms with Crippen molar-refractivity contribution in [3.8, 4) is 17.4 Å². The predicted molar refractivity (Wildman–Crippen MR) is 125 cm³/mol. The molecule has 1 aliphatic heterocycles. The Balaban J connectivity index is 1.32. The number of piperazine rings is 1. The first-order valence-corrected chi connectivity index (χ1v) is 10.7. The third-order valence-corrected chi connectivity index (χ3v) is 5.97. The molecule has 0 atom stereocenters. The fourth-order valence-corrected chi connectivity index (χ4v) is 4.11. The SMILES string of the molecule is CN1CCN(c2ccc3c(O)n(Cc4ccc(Oc5ccccc5)cc4)cc3c2)CC1.